The molecule has 1 atom stereocenters. The smallest absolute Gasteiger partial charge is 0.181 e. The summed E-state index contributed by atoms with van der Waals surface area (Å²) in [6, 6.07) is 20.6. The molecule has 0 aliphatic carbocycles. The number of rotatable bonds is 9. The monoisotopic (exact) mass is 538 g/mol. The zero-order chi connectivity index (χ0) is 27.1. The van der Waals surface area contributed by atoms with E-state index in [0.717, 1.165) is 79.4 Å². The molecule has 8 heteroatoms. The summed E-state index contributed by atoms with van der Waals surface area (Å²) in [5, 5.41) is 3.51. The normalized spacial score (nSPS) is 17.9. The topological polar surface area (TPSA) is 77.3 Å². The number of anilines is 3. The standard InChI is InChI=1S/C32H34N4O4/c37-28(23-40-31-5-1-2-19-39-31)15-8-24-6-9-25(10-7-24)29-22-36-16-3-4-30(36)32(34-29)33-26-11-13-27(14-12-26)35-17-20-38-21-18-35/h3-4,6-16,22,31H,1-2,5,17-21,23H2,(H,33,34)/b15-8+. The van der Waals surface area contributed by atoms with E-state index in [1.54, 1.807) is 6.08 Å². The van der Waals surface area contributed by atoms with Crippen LogP contribution in [0.25, 0.3) is 22.9 Å². The molecule has 2 aromatic heterocycles. The van der Waals surface area contributed by atoms with Gasteiger partial charge in [-0.15, -0.1) is 0 Å². The van der Waals surface area contributed by atoms with E-state index in [9.17, 15) is 4.79 Å². The zero-order valence-corrected chi connectivity index (χ0v) is 22.5. The van der Waals surface area contributed by atoms with E-state index in [1.807, 2.05) is 48.8 Å². The van der Waals surface area contributed by atoms with E-state index in [2.05, 4.69) is 44.9 Å². The molecule has 6 rings (SSSR count). The SMILES string of the molecule is O=C(/C=C/c1ccc(-c2cn3cccc3c(Nc3ccc(N4CCOCC4)cc3)n2)cc1)COC1CCCCO1. The van der Waals surface area contributed by atoms with Crippen molar-refractivity contribution in [2.75, 3.05) is 49.7 Å². The Bertz CT molecular complexity index is 1450. The van der Waals surface area contributed by atoms with Crippen molar-refractivity contribution in [2.24, 2.45) is 0 Å². The molecule has 0 radical (unpaired) electrons. The Kier molecular flexibility index (Phi) is 8.18. The molecule has 2 aliphatic rings. The van der Waals surface area contributed by atoms with Crippen molar-refractivity contribution in [3.05, 3.63) is 84.7 Å². The average Bonchev–Trinajstić information content (AvgIpc) is 3.50. The van der Waals surface area contributed by atoms with Gasteiger partial charge in [-0.1, -0.05) is 30.3 Å². The van der Waals surface area contributed by atoms with Crippen LogP contribution in [0.15, 0.2) is 79.1 Å². The van der Waals surface area contributed by atoms with Crippen molar-refractivity contribution in [3.63, 3.8) is 0 Å². The van der Waals surface area contributed by atoms with Gasteiger partial charge in [-0.25, -0.2) is 4.98 Å². The highest BCUT2D eigenvalue weighted by Gasteiger charge is 2.15. The molecule has 1 N–H and O–H groups in total. The van der Waals surface area contributed by atoms with Gasteiger partial charge in [-0.2, -0.15) is 0 Å². The zero-order valence-electron chi connectivity index (χ0n) is 22.5. The van der Waals surface area contributed by atoms with Crippen LogP contribution in [-0.4, -0.2) is 61.0 Å². The van der Waals surface area contributed by atoms with Crippen LogP contribution in [0.3, 0.4) is 0 Å². The van der Waals surface area contributed by atoms with Gasteiger partial charge in [0.05, 0.1) is 24.4 Å². The second-order valence-electron chi connectivity index (χ2n) is 10.1. The number of fused-ring (bicyclic) bond motifs is 1. The van der Waals surface area contributed by atoms with E-state index in [4.69, 9.17) is 19.2 Å². The van der Waals surface area contributed by atoms with Crippen LogP contribution in [0.4, 0.5) is 17.2 Å². The number of benzene rings is 2. The Labute approximate surface area is 234 Å². The van der Waals surface area contributed by atoms with Gasteiger partial charge < -0.3 is 28.8 Å². The number of carbonyl (C=O) groups is 1. The lowest BCUT2D eigenvalue weighted by molar-refractivity contribution is -0.167. The number of aromatic nitrogens is 2. The number of hydrogen-bond acceptors (Lipinski definition) is 7. The molecule has 8 nitrogen and oxygen atoms in total. The molecule has 0 saturated carbocycles. The third-order valence-corrected chi connectivity index (χ3v) is 7.24. The van der Waals surface area contributed by atoms with E-state index in [-0.39, 0.29) is 18.7 Å². The Hall–Kier alpha value is -3.98. The van der Waals surface area contributed by atoms with Crippen molar-refractivity contribution >= 4 is 34.6 Å². The van der Waals surface area contributed by atoms with Gasteiger partial charge >= 0.3 is 0 Å². The van der Waals surface area contributed by atoms with Crippen LogP contribution in [0, 0.1) is 0 Å². The molecule has 4 aromatic rings. The molecule has 4 heterocycles. The predicted octanol–water partition coefficient (Wildman–Crippen LogP) is 5.71. The fourth-order valence-corrected chi connectivity index (χ4v) is 5.01. The average molecular weight is 539 g/mol. The summed E-state index contributed by atoms with van der Waals surface area (Å²) in [7, 11) is 0. The third-order valence-electron chi connectivity index (χ3n) is 7.24. The quantitative estimate of drug-likeness (QED) is 0.274. The summed E-state index contributed by atoms with van der Waals surface area (Å²) < 4.78 is 18.7. The Morgan fingerprint density at radius 1 is 1.02 bits per heavy atom. The third kappa shape index (κ3) is 6.42. The minimum absolute atomic E-state index is 0.0335. The van der Waals surface area contributed by atoms with E-state index >= 15 is 0 Å². The highest BCUT2D eigenvalue weighted by molar-refractivity contribution is 5.94. The van der Waals surface area contributed by atoms with Gasteiger partial charge in [-0.3, -0.25) is 4.79 Å². The molecular weight excluding hydrogens is 504 g/mol. The fraction of sp³-hybridized carbons (Fsp3) is 0.312. The molecule has 0 spiro atoms. The molecule has 40 heavy (non-hydrogen) atoms. The maximum atomic E-state index is 12.2. The minimum Gasteiger partial charge on any atom is -0.378 e. The summed E-state index contributed by atoms with van der Waals surface area (Å²) >= 11 is 0. The summed E-state index contributed by atoms with van der Waals surface area (Å²) in [6.07, 6.45) is 10.1. The molecule has 2 aromatic carbocycles. The maximum absolute atomic E-state index is 12.2. The number of morpholine rings is 1. The molecule has 0 bridgehead atoms. The van der Waals surface area contributed by atoms with Gasteiger partial charge in [0.1, 0.15) is 6.61 Å². The van der Waals surface area contributed by atoms with Gasteiger partial charge in [0.2, 0.25) is 0 Å². The summed E-state index contributed by atoms with van der Waals surface area (Å²) in [5.74, 6) is 0.713. The van der Waals surface area contributed by atoms with Crippen molar-refractivity contribution < 1.29 is 19.0 Å². The van der Waals surface area contributed by atoms with Crippen molar-refractivity contribution in [3.8, 4) is 11.3 Å². The lowest BCUT2D eigenvalue weighted by Gasteiger charge is -2.28. The maximum Gasteiger partial charge on any atom is 0.181 e. The molecule has 0 amide bonds. The van der Waals surface area contributed by atoms with Crippen LogP contribution in [0.2, 0.25) is 0 Å². The second-order valence-corrected chi connectivity index (χ2v) is 10.1. The number of ketones is 1. The van der Waals surface area contributed by atoms with Crippen LogP contribution in [0.1, 0.15) is 24.8 Å². The molecule has 206 valence electrons. The van der Waals surface area contributed by atoms with Gasteiger partial charge in [0, 0.05) is 49.0 Å². The van der Waals surface area contributed by atoms with Gasteiger partial charge in [0.25, 0.3) is 0 Å². The summed E-state index contributed by atoms with van der Waals surface area (Å²) in [4.78, 5) is 19.5. The first kappa shape index (κ1) is 26.3. The summed E-state index contributed by atoms with van der Waals surface area (Å²) in [5.41, 5.74) is 5.96. The molecule has 2 saturated heterocycles. The number of nitrogens with one attached hydrogen (secondary N) is 1. The highest BCUT2D eigenvalue weighted by Crippen LogP contribution is 2.27. The highest BCUT2D eigenvalue weighted by atomic mass is 16.7. The van der Waals surface area contributed by atoms with Crippen LogP contribution in [0.5, 0.6) is 0 Å². The number of ether oxygens (including phenoxy) is 3. The molecule has 1 unspecified atom stereocenters. The Morgan fingerprint density at radius 3 is 2.62 bits per heavy atom. The lowest BCUT2D eigenvalue weighted by Crippen LogP contribution is -2.36. The second kappa shape index (κ2) is 12.5. The van der Waals surface area contributed by atoms with Crippen molar-refractivity contribution in [1.82, 2.24) is 9.38 Å². The Morgan fingerprint density at radius 2 is 1.85 bits per heavy atom. The number of nitrogens with zero attached hydrogens (tertiary/aromatic N) is 3. The van der Waals surface area contributed by atoms with E-state index in [1.165, 1.54) is 5.69 Å². The predicted molar refractivity (Wildman–Crippen MR) is 157 cm³/mol. The van der Waals surface area contributed by atoms with E-state index < -0.39 is 0 Å². The van der Waals surface area contributed by atoms with Crippen molar-refractivity contribution in [2.45, 2.75) is 25.6 Å². The molecular formula is C32H34N4O4. The number of hydrogen-bond donors (Lipinski definition) is 1. The van der Waals surface area contributed by atoms with Crippen LogP contribution < -0.4 is 10.2 Å². The van der Waals surface area contributed by atoms with Gasteiger partial charge in [-0.05, 0) is 67.3 Å². The minimum atomic E-state index is -0.260. The number of carbonyl (C=O) groups excluding carboxylic acids is 1. The van der Waals surface area contributed by atoms with Crippen LogP contribution >= 0.6 is 0 Å². The van der Waals surface area contributed by atoms with Gasteiger partial charge in [0.15, 0.2) is 17.9 Å². The molecule has 2 aliphatic heterocycles. The van der Waals surface area contributed by atoms with E-state index in [0.29, 0.717) is 6.61 Å². The first-order valence-corrected chi connectivity index (χ1v) is 13.9. The lowest BCUT2D eigenvalue weighted by atomic mass is 10.1. The fourth-order valence-electron chi connectivity index (χ4n) is 5.01. The largest absolute Gasteiger partial charge is 0.378 e. The Balaban J connectivity index is 1.13. The summed E-state index contributed by atoms with van der Waals surface area (Å²) in [6.45, 7) is 4.10. The first-order chi connectivity index (χ1) is 19.7. The first-order valence-electron chi connectivity index (χ1n) is 13.9. The van der Waals surface area contributed by atoms with Crippen molar-refractivity contribution in [1.29, 1.82) is 0 Å². The van der Waals surface area contributed by atoms with Crippen LogP contribution in [-0.2, 0) is 19.0 Å². The molecule has 2 fully saturated rings.